The van der Waals surface area contributed by atoms with Crippen molar-refractivity contribution in [3.05, 3.63) is 71.5 Å². The monoisotopic (exact) mass is 286 g/mol. The molecule has 0 aliphatic carbocycles. The second-order valence-electron chi connectivity index (χ2n) is 5.78. The molecule has 0 radical (unpaired) electrons. The number of aryl methyl sites for hydroxylation is 1. The predicted octanol–water partition coefficient (Wildman–Crippen LogP) is 4.49. The number of hydrogen-bond donors (Lipinski definition) is 0. The molecule has 0 bridgehead atoms. The fourth-order valence-corrected chi connectivity index (χ4v) is 3.38. The largest absolute Gasteiger partial charge is 0.437 e. The van der Waals surface area contributed by atoms with E-state index in [9.17, 15) is 0 Å². The number of imidazole rings is 1. The Kier molecular flexibility index (Phi) is 2.20. The molecule has 0 unspecified atom stereocenters. The Morgan fingerprint density at radius 3 is 2.82 bits per heavy atom. The normalized spacial score (nSPS) is 13.0. The molecule has 106 valence electrons. The average molecular weight is 286 g/mol. The van der Waals surface area contributed by atoms with Gasteiger partial charge in [-0.2, -0.15) is 4.98 Å². The van der Waals surface area contributed by atoms with Crippen LogP contribution in [0.2, 0.25) is 0 Å². The third kappa shape index (κ3) is 1.48. The van der Waals surface area contributed by atoms with E-state index in [1.54, 1.807) is 0 Å². The summed E-state index contributed by atoms with van der Waals surface area (Å²) in [5, 5.41) is 2.38. The zero-order valence-electron chi connectivity index (χ0n) is 12.2. The second kappa shape index (κ2) is 4.10. The van der Waals surface area contributed by atoms with Crippen LogP contribution in [-0.2, 0) is 6.42 Å². The predicted molar refractivity (Wildman–Crippen MR) is 86.8 cm³/mol. The van der Waals surface area contributed by atoms with Crippen LogP contribution in [0.15, 0.2) is 54.6 Å². The van der Waals surface area contributed by atoms with Gasteiger partial charge in [0.25, 0.3) is 0 Å². The molecule has 3 nitrogen and oxygen atoms in total. The van der Waals surface area contributed by atoms with Crippen LogP contribution in [-0.4, -0.2) is 9.38 Å². The number of ether oxygens (including phenoxy) is 1. The van der Waals surface area contributed by atoms with Crippen molar-refractivity contribution >= 4 is 16.4 Å². The van der Waals surface area contributed by atoms with E-state index >= 15 is 0 Å². The van der Waals surface area contributed by atoms with Gasteiger partial charge in [0.05, 0.1) is 5.69 Å². The maximum Gasteiger partial charge on any atom is 0.241 e. The SMILES string of the molecule is Cc1cc2ccccc2c2nc3c(n12)Cc1ccccc1O3. The van der Waals surface area contributed by atoms with Crippen molar-refractivity contribution in [2.24, 2.45) is 0 Å². The van der Waals surface area contributed by atoms with Gasteiger partial charge in [0, 0.05) is 23.1 Å². The van der Waals surface area contributed by atoms with Gasteiger partial charge in [-0.25, -0.2) is 0 Å². The number of fused-ring (bicyclic) bond motifs is 6. The minimum Gasteiger partial charge on any atom is -0.437 e. The summed E-state index contributed by atoms with van der Waals surface area (Å²) in [4.78, 5) is 4.78. The lowest BCUT2D eigenvalue weighted by Gasteiger charge is -2.16. The van der Waals surface area contributed by atoms with E-state index in [2.05, 4.69) is 53.8 Å². The molecule has 1 aliphatic heterocycles. The van der Waals surface area contributed by atoms with Crippen LogP contribution in [0.1, 0.15) is 17.0 Å². The van der Waals surface area contributed by atoms with Crippen molar-refractivity contribution in [2.45, 2.75) is 13.3 Å². The summed E-state index contributed by atoms with van der Waals surface area (Å²) in [5.74, 6) is 1.65. The Hall–Kier alpha value is -2.81. The Balaban J connectivity index is 1.87. The molecule has 0 saturated carbocycles. The average Bonchev–Trinajstić information content (AvgIpc) is 2.92. The highest BCUT2D eigenvalue weighted by atomic mass is 16.5. The maximum absolute atomic E-state index is 6.03. The molecular weight excluding hydrogens is 272 g/mol. The fourth-order valence-electron chi connectivity index (χ4n) is 3.38. The Labute approximate surface area is 127 Å². The van der Waals surface area contributed by atoms with Gasteiger partial charge in [-0.05, 0) is 24.4 Å². The van der Waals surface area contributed by atoms with Gasteiger partial charge >= 0.3 is 0 Å². The van der Waals surface area contributed by atoms with Gasteiger partial charge in [0.1, 0.15) is 11.4 Å². The molecule has 0 spiro atoms. The van der Waals surface area contributed by atoms with Crippen LogP contribution in [0.25, 0.3) is 16.4 Å². The van der Waals surface area contributed by atoms with Crippen molar-refractivity contribution in [2.75, 3.05) is 0 Å². The molecule has 0 N–H and O–H groups in total. The number of nitrogens with zero attached hydrogens (tertiary/aromatic N) is 2. The molecule has 0 amide bonds. The molecule has 3 heterocycles. The highest BCUT2D eigenvalue weighted by Gasteiger charge is 2.23. The Morgan fingerprint density at radius 1 is 1.05 bits per heavy atom. The summed E-state index contributed by atoms with van der Waals surface area (Å²) in [6, 6.07) is 18.8. The molecule has 22 heavy (non-hydrogen) atoms. The van der Waals surface area contributed by atoms with Crippen molar-refractivity contribution in [3.63, 3.8) is 0 Å². The van der Waals surface area contributed by atoms with Crippen LogP contribution >= 0.6 is 0 Å². The summed E-state index contributed by atoms with van der Waals surface area (Å²) in [5.41, 5.74) is 4.51. The summed E-state index contributed by atoms with van der Waals surface area (Å²) in [6.07, 6.45) is 0.853. The minimum absolute atomic E-state index is 0.734. The van der Waals surface area contributed by atoms with E-state index in [-0.39, 0.29) is 0 Å². The number of hydrogen-bond acceptors (Lipinski definition) is 2. The first-order chi connectivity index (χ1) is 10.8. The fraction of sp³-hybridized carbons (Fsp3) is 0.105. The molecule has 2 aromatic heterocycles. The Bertz CT molecular complexity index is 1050. The summed E-state index contributed by atoms with van der Waals surface area (Å²) in [6.45, 7) is 2.13. The van der Waals surface area contributed by atoms with E-state index in [1.807, 2.05) is 12.1 Å². The first-order valence-corrected chi connectivity index (χ1v) is 7.47. The lowest BCUT2D eigenvalue weighted by Crippen LogP contribution is -2.05. The molecule has 0 saturated heterocycles. The Morgan fingerprint density at radius 2 is 1.86 bits per heavy atom. The van der Waals surface area contributed by atoms with Crippen molar-refractivity contribution < 1.29 is 4.74 Å². The van der Waals surface area contributed by atoms with E-state index in [0.29, 0.717) is 0 Å². The van der Waals surface area contributed by atoms with E-state index in [4.69, 9.17) is 9.72 Å². The molecular formula is C19H14N2O. The van der Waals surface area contributed by atoms with Crippen LogP contribution in [0.5, 0.6) is 11.6 Å². The van der Waals surface area contributed by atoms with Gasteiger partial charge in [-0.3, -0.25) is 4.40 Å². The van der Waals surface area contributed by atoms with Gasteiger partial charge in [0.15, 0.2) is 0 Å². The zero-order chi connectivity index (χ0) is 14.7. The van der Waals surface area contributed by atoms with Crippen LogP contribution in [0.3, 0.4) is 0 Å². The molecule has 1 aliphatic rings. The number of aromatic nitrogens is 2. The van der Waals surface area contributed by atoms with Crippen molar-refractivity contribution in [1.29, 1.82) is 0 Å². The summed E-state index contributed by atoms with van der Waals surface area (Å²) < 4.78 is 8.26. The molecule has 3 heteroatoms. The topological polar surface area (TPSA) is 26.5 Å². The minimum atomic E-state index is 0.734. The highest BCUT2D eigenvalue weighted by Crippen LogP contribution is 2.38. The molecule has 5 rings (SSSR count). The lowest BCUT2D eigenvalue weighted by atomic mass is 10.1. The van der Waals surface area contributed by atoms with Crippen LogP contribution < -0.4 is 4.74 Å². The third-order valence-electron chi connectivity index (χ3n) is 4.39. The van der Waals surface area contributed by atoms with Gasteiger partial charge in [0.2, 0.25) is 5.88 Å². The molecule has 0 atom stereocenters. The van der Waals surface area contributed by atoms with Crippen LogP contribution in [0.4, 0.5) is 0 Å². The third-order valence-corrected chi connectivity index (χ3v) is 4.39. The lowest BCUT2D eigenvalue weighted by molar-refractivity contribution is 0.443. The standard InChI is InChI=1S/C19H14N2O/c1-12-10-13-6-2-4-8-15(13)18-20-19-16(21(12)18)11-14-7-3-5-9-17(14)22-19/h2-10H,11H2,1H3. The molecule has 4 aromatic rings. The number of pyridine rings is 1. The quantitative estimate of drug-likeness (QED) is 0.419. The van der Waals surface area contributed by atoms with Crippen molar-refractivity contribution in [3.8, 4) is 11.6 Å². The van der Waals surface area contributed by atoms with Crippen molar-refractivity contribution in [1.82, 2.24) is 9.38 Å². The van der Waals surface area contributed by atoms with Gasteiger partial charge < -0.3 is 4.74 Å². The smallest absolute Gasteiger partial charge is 0.241 e. The first kappa shape index (κ1) is 11.8. The van der Waals surface area contributed by atoms with E-state index in [0.717, 1.165) is 34.8 Å². The molecule has 0 fully saturated rings. The van der Waals surface area contributed by atoms with Gasteiger partial charge in [-0.15, -0.1) is 0 Å². The second-order valence-corrected chi connectivity index (χ2v) is 5.78. The van der Waals surface area contributed by atoms with Gasteiger partial charge in [-0.1, -0.05) is 42.5 Å². The highest BCUT2D eigenvalue weighted by molar-refractivity contribution is 5.95. The zero-order valence-corrected chi connectivity index (χ0v) is 12.2. The number of rotatable bonds is 0. The maximum atomic E-state index is 6.03. The molecule has 2 aromatic carbocycles. The summed E-state index contributed by atoms with van der Waals surface area (Å²) in [7, 11) is 0. The first-order valence-electron chi connectivity index (χ1n) is 7.47. The number of benzene rings is 2. The van der Waals surface area contributed by atoms with E-state index in [1.165, 1.54) is 16.6 Å². The van der Waals surface area contributed by atoms with E-state index < -0.39 is 0 Å². The number of para-hydroxylation sites is 1. The van der Waals surface area contributed by atoms with Crippen LogP contribution in [0, 0.1) is 6.92 Å². The summed E-state index contributed by atoms with van der Waals surface area (Å²) >= 11 is 0.